The van der Waals surface area contributed by atoms with Gasteiger partial charge in [0, 0.05) is 18.9 Å². The third-order valence-corrected chi connectivity index (χ3v) is 13.1. The number of allylic oxidation sites excluding steroid dienone is 1. The predicted molar refractivity (Wildman–Crippen MR) is 165 cm³/mol. The Bertz CT molecular complexity index is 1260. The van der Waals surface area contributed by atoms with Crippen LogP contribution in [-0.4, -0.2) is 33.9 Å². The molecule has 4 rings (SSSR count). The minimum atomic E-state index is -2.72. The van der Waals surface area contributed by atoms with Gasteiger partial charge < -0.3 is 13.9 Å². The number of benzene rings is 3. The van der Waals surface area contributed by atoms with Gasteiger partial charge in [-0.25, -0.2) is 0 Å². The minimum absolute atomic E-state index is 0.000276. The molecule has 0 aromatic heterocycles. The fourth-order valence-corrected chi connectivity index (χ4v) is 10.7. The third-order valence-electron chi connectivity index (χ3n) is 7.44. The molecule has 0 heterocycles. The normalized spacial score (nSPS) is 18.2. The number of ketones is 1. The summed E-state index contributed by atoms with van der Waals surface area (Å²) in [5, 5.41) is 2.36. The Labute approximate surface area is 242 Å². The highest BCUT2D eigenvalue weighted by molar-refractivity contribution is 9.12. The van der Waals surface area contributed by atoms with E-state index >= 15 is 0 Å². The van der Waals surface area contributed by atoms with E-state index in [2.05, 4.69) is 103 Å². The van der Waals surface area contributed by atoms with Crippen molar-refractivity contribution in [1.82, 2.24) is 0 Å². The number of rotatable bonds is 9. The lowest BCUT2D eigenvalue weighted by Gasteiger charge is -2.44. The van der Waals surface area contributed by atoms with Gasteiger partial charge in [0.25, 0.3) is 8.32 Å². The van der Waals surface area contributed by atoms with E-state index in [1.165, 1.54) is 10.4 Å². The smallest absolute Gasteiger partial charge is 0.261 e. The maximum atomic E-state index is 12.9. The Morgan fingerprint density at radius 2 is 1.51 bits per heavy atom. The Hall–Kier alpha value is -2.67. The van der Waals surface area contributed by atoms with E-state index in [-0.39, 0.29) is 28.8 Å². The summed E-state index contributed by atoms with van der Waals surface area (Å²) in [6.45, 7) is 11.3. The average Bonchev–Trinajstić information content (AvgIpc) is 2.91. The maximum absolute atomic E-state index is 12.9. The Morgan fingerprint density at radius 1 is 0.923 bits per heavy atom. The van der Waals surface area contributed by atoms with Crippen molar-refractivity contribution in [3.8, 4) is 11.5 Å². The number of hydrogen-bond acceptors (Lipinski definition) is 4. The summed E-state index contributed by atoms with van der Waals surface area (Å²) < 4.78 is 19.5. The summed E-state index contributed by atoms with van der Waals surface area (Å²) in [5.74, 6) is 1.44. The van der Waals surface area contributed by atoms with E-state index in [4.69, 9.17) is 13.9 Å². The minimum Gasteiger partial charge on any atom is -0.493 e. The van der Waals surface area contributed by atoms with Crippen LogP contribution in [0.4, 0.5) is 0 Å². The molecule has 3 aromatic carbocycles. The molecule has 0 amide bonds. The first-order valence-electron chi connectivity index (χ1n) is 13.6. The Balaban J connectivity index is 1.75. The topological polar surface area (TPSA) is 44.8 Å². The number of hydrogen-bond donors (Lipinski definition) is 0. The molecule has 0 aliphatic heterocycles. The van der Waals surface area contributed by atoms with E-state index in [1.54, 1.807) is 7.11 Å². The van der Waals surface area contributed by atoms with Crippen LogP contribution in [0.2, 0.25) is 5.04 Å². The molecule has 0 radical (unpaired) electrons. The van der Waals surface area contributed by atoms with Crippen LogP contribution in [0.15, 0.2) is 89.4 Å². The van der Waals surface area contributed by atoms with Crippen LogP contribution in [0.25, 0.3) is 0 Å². The van der Waals surface area contributed by atoms with Gasteiger partial charge in [-0.1, -0.05) is 93.6 Å². The fraction of sp³-hybridized carbons (Fsp3) is 0.364. The average molecular weight is 608 g/mol. The highest BCUT2D eigenvalue weighted by atomic mass is 79.9. The largest absolute Gasteiger partial charge is 0.493 e. The second-order valence-corrected chi connectivity index (χ2v) is 16.6. The predicted octanol–water partition coefficient (Wildman–Crippen LogP) is 7.01. The maximum Gasteiger partial charge on any atom is 0.261 e. The molecule has 1 aliphatic carbocycles. The van der Waals surface area contributed by atoms with Crippen molar-refractivity contribution in [2.24, 2.45) is 5.92 Å². The molecule has 0 bridgehead atoms. The fourth-order valence-electron chi connectivity index (χ4n) is 5.62. The first kappa shape index (κ1) is 29.3. The Kier molecular flexibility index (Phi) is 9.20. The zero-order chi connectivity index (χ0) is 28.2. The van der Waals surface area contributed by atoms with E-state index < -0.39 is 8.32 Å². The van der Waals surface area contributed by atoms with Gasteiger partial charge in [-0.15, -0.1) is 0 Å². The van der Waals surface area contributed by atoms with Crippen LogP contribution in [-0.2, 0) is 9.22 Å². The molecule has 3 aromatic rings. The van der Waals surface area contributed by atoms with Crippen LogP contribution in [0.1, 0.15) is 52.5 Å². The van der Waals surface area contributed by atoms with E-state index in [0.717, 1.165) is 5.56 Å². The van der Waals surface area contributed by atoms with Crippen molar-refractivity contribution >= 4 is 40.4 Å². The van der Waals surface area contributed by atoms with Gasteiger partial charge in [-0.05, 0) is 68.8 Å². The summed E-state index contributed by atoms with van der Waals surface area (Å²) in [7, 11) is -1.07. The van der Waals surface area contributed by atoms with Gasteiger partial charge >= 0.3 is 0 Å². The summed E-state index contributed by atoms with van der Waals surface area (Å²) in [4.78, 5) is 12.9. The molecule has 6 heteroatoms. The van der Waals surface area contributed by atoms with Crippen molar-refractivity contribution < 1.29 is 18.7 Å². The molecule has 1 aliphatic rings. The molecule has 0 fully saturated rings. The second-order valence-electron chi connectivity index (χ2n) is 11.5. The van der Waals surface area contributed by atoms with Gasteiger partial charge in [0.2, 0.25) is 0 Å². The molecule has 206 valence electrons. The van der Waals surface area contributed by atoms with Crippen molar-refractivity contribution in [3.63, 3.8) is 0 Å². The Morgan fingerprint density at radius 3 is 2.03 bits per heavy atom. The first-order valence-corrected chi connectivity index (χ1v) is 16.3. The highest BCUT2D eigenvalue weighted by Crippen LogP contribution is 2.42. The number of Topliss-reactive ketones (excluding diaryl/α,β-unsaturated/α-hetero) is 1. The third kappa shape index (κ3) is 6.24. The van der Waals surface area contributed by atoms with E-state index in [1.807, 2.05) is 32.1 Å². The van der Waals surface area contributed by atoms with Gasteiger partial charge in [0.05, 0.1) is 17.7 Å². The number of ether oxygens (including phenoxy) is 2. The lowest BCUT2D eigenvalue weighted by Crippen LogP contribution is -2.67. The van der Waals surface area contributed by atoms with Crippen LogP contribution in [0.5, 0.6) is 11.5 Å². The molecule has 0 N–H and O–H groups in total. The lowest BCUT2D eigenvalue weighted by atomic mass is 9.79. The summed E-state index contributed by atoms with van der Waals surface area (Å²) >= 11 is 3.53. The van der Waals surface area contributed by atoms with Gasteiger partial charge in [-0.3, -0.25) is 4.79 Å². The number of carbonyl (C=O) groups excluding carboxylic acids is 1. The molecule has 0 spiro atoms. The second kappa shape index (κ2) is 12.2. The van der Waals surface area contributed by atoms with Gasteiger partial charge in [-0.2, -0.15) is 0 Å². The molecule has 0 unspecified atom stereocenters. The van der Waals surface area contributed by atoms with Crippen LogP contribution < -0.4 is 19.8 Å². The van der Waals surface area contributed by atoms with Crippen molar-refractivity contribution in [1.29, 1.82) is 0 Å². The van der Waals surface area contributed by atoms with Crippen LogP contribution in [0, 0.1) is 5.92 Å². The molecule has 2 atom stereocenters. The SMILES string of the molecule is COc1cc([C@@H]2CC(=O)C(Br)=C[C@H]2CO[Si](c2ccccc2)(c2ccccc2)C(C)(C)C)ccc1OC(C)C. The quantitative estimate of drug-likeness (QED) is 0.246. The van der Waals surface area contributed by atoms with Crippen molar-refractivity contribution in [3.05, 3.63) is 95.0 Å². The standard InChI is InChI=1S/C33H39BrO4Si/c1-23(2)38-31-18-17-24(20-32(31)36-6)28-21-30(35)29(34)19-25(28)22-37-39(33(3,4)5,26-13-9-7-10-14-26)27-15-11-8-12-16-27/h7-20,23,25,28H,21-22H2,1-6H3/t25-,28-/m0/s1. The van der Waals surface area contributed by atoms with E-state index in [0.29, 0.717) is 29.0 Å². The van der Waals surface area contributed by atoms with Crippen molar-refractivity contribution in [2.75, 3.05) is 13.7 Å². The highest BCUT2D eigenvalue weighted by Gasteiger charge is 2.50. The number of halogens is 1. The molecular weight excluding hydrogens is 568 g/mol. The molecule has 4 nitrogen and oxygen atoms in total. The lowest BCUT2D eigenvalue weighted by molar-refractivity contribution is -0.115. The molecule has 0 saturated heterocycles. The van der Waals surface area contributed by atoms with Crippen molar-refractivity contribution in [2.45, 2.75) is 58.1 Å². The molecular formula is C33H39BrO4Si. The first-order chi connectivity index (χ1) is 18.6. The number of carbonyl (C=O) groups is 1. The van der Waals surface area contributed by atoms with Gasteiger partial charge in [0.1, 0.15) is 0 Å². The monoisotopic (exact) mass is 606 g/mol. The summed E-state index contributed by atoms with van der Waals surface area (Å²) in [6.07, 6.45) is 2.48. The summed E-state index contributed by atoms with van der Waals surface area (Å²) in [6, 6.07) is 27.3. The van der Waals surface area contributed by atoms with E-state index in [9.17, 15) is 4.79 Å². The summed E-state index contributed by atoms with van der Waals surface area (Å²) in [5.41, 5.74) is 1.05. The molecule has 0 saturated carbocycles. The van der Waals surface area contributed by atoms with Crippen LogP contribution in [0.3, 0.4) is 0 Å². The number of methoxy groups -OCH3 is 1. The van der Waals surface area contributed by atoms with Gasteiger partial charge in [0.15, 0.2) is 17.3 Å². The molecule has 39 heavy (non-hydrogen) atoms. The zero-order valence-electron chi connectivity index (χ0n) is 23.7. The zero-order valence-corrected chi connectivity index (χ0v) is 26.3. The van der Waals surface area contributed by atoms with Crippen LogP contribution >= 0.6 is 15.9 Å².